The molecule has 186 valence electrons. The van der Waals surface area contributed by atoms with Crippen LogP contribution in [-0.4, -0.2) is 82.1 Å². The molecule has 1 amide bonds. The van der Waals surface area contributed by atoms with Crippen molar-refractivity contribution in [3.05, 3.63) is 54.1 Å². The monoisotopic (exact) mass is 509 g/mol. The Bertz CT molecular complexity index is 1180. The third-order valence-electron chi connectivity index (χ3n) is 5.74. The van der Waals surface area contributed by atoms with Crippen molar-refractivity contribution < 1.29 is 26.4 Å². The second-order valence-corrected chi connectivity index (χ2v) is 11.6. The first-order chi connectivity index (χ1) is 16.1. The highest BCUT2D eigenvalue weighted by molar-refractivity contribution is 7.89. The summed E-state index contributed by atoms with van der Waals surface area (Å²) >= 11 is 0. The summed E-state index contributed by atoms with van der Waals surface area (Å²) in [6.07, 6.45) is 0. The van der Waals surface area contributed by atoms with Gasteiger partial charge in [0.05, 0.1) is 16.4 Å². The van der Waals surface area contributed by atoms with Crippen molar-refractivity contribution in [2.45, 2.75) is 30.6 Å². The maximum atomic E-state index is 13.0. The molecule has 1 aliphatic rings. The molecule has 11 heteroatoms. The van der Waals surface area contributed by atoms with Gasteiger partial charge >= 0.3 is 0 Å². The fraction of sp³-hybridized carbons (Fsp3) is 0.435. The van der Waals surface area contributed by atoms with E-state index in [1.54, 1.807) is 30.9 Å². The Morgan fingerprint density at radius 1 is 0.824 bits per heavy atom. The number of hydrogen-bond donors (Lipinski definition) is 0. The third-order valence-corrected chi connectivity index (χ3v) is 9.72. The molecule has 9 nitrogen and oxygen atoms in total. The predicted octanol–water partition coefficient (Wildman–Crippen LogP) is 2.26. The Kier molecular flexibility index (Phi) is 8.34. The molecule has 0 atom stereocenters. The van der Waals surface area contributed by atoms with E-state index >= 15 is 0 Å². The zero-order valence-electron chi connectivity index (χ0n) is 19.7. The van der Waals surface area contributed by atoms with Gasteiger partial charge in [0.2, 0.25) is 20.0 Å². The van der Waals surface area contributed by atoms with Crippen molar-refractivity contribution in [3.63, 3.8) is 0 Å². The van der Waals surface area contributed by atoms with E-state index in [-0.39, 0.29) is 41.9 Å². The first-order valence-corrected chi connectivity index (χ1v) is 14.2. The number of carbonyl (C=O) groups excluding carboxylic acids is 1. The highest BCUT2D eigenvalue weighted by Gasteiger charge is 2.31. The van der Waals surface area contributed by atoms with Crippen LogP contribution < -0.4 is 4.74 Å². The number of amides is 1. The van der Waals surface area contributed by atoms with Crippen molar-refractivity contribution >= 4 is 26.0 Å². The first kappa shape index (κ1) is 26.1. The predicted molar refractivity (Wildman–Crippen MR) is 129 cm³/mol. The molecule has 34 heavy (non-hydrogen) atoms. The van der Waals surface area contributed by atoms with Crippen molar-refractivity contribution in [3.8, 4) is 5.75 Å². The van der Waals surface area contributed by atoms with E-state index in [1.807, 2.05) is 6.92 Å². The zero-order valence-corrected chi connectivity index (χ0v) is 21.3. The van der Waals surface area contributed by atoms with E-state index < -0.39 is 20.0 Å². The molecule has 2 aromatic carbocycles. The van der Waals surface area contributed by atoms with Crippen molar-refractivity contribution in [2.24, 2.45) is 0 Å². The second-order valence-electron chi connectivity index (χ2n) is 7.71. The molecule has 0 radical (unpaired) electrons. The summed E-state index contributed by atoms with van der Waals surface area (Å²) in [7, 11) is -7.27. The van der Waals surface area contributed by atoms with E-state index in [9.17, 15) is 21.6 Å². The highest BCUT2D eigenvalue weighted by atomic mass is 32.2. The summed E-state index contributed by atoms with van der Waals surface area (Å²) in [5.41, 5.74) is 0.362. The van der Waals surface area contributed by atoms with Crippen LogP contribution in [0.5, 0.6) is 5.75 Å². The largest absolute Gasteiger partial charge is 0.494 e. The fourth-order valence-corrected chi connectivity index (χ4v) is 6.70. The molecular formula is C23H31N3O6S2. The van der Waals surface area contributed by atoms with Gasteiger partial charge in [-0.2, -0.15) is 8.61 Å². The quantitative estimate of drug-likeness (QED) is 0.514. The molecule has 0 bridgehead atoms. The van der Waals surface area contributed by atoms with Crippen molar-refractivity contribution in [2.75, 3.05) is 45.9 Å². The minimum absolute atomic E-state index is 0.138. The molecule has 0 aromatic heterocycles. The molecule has 2 aromatic rings. The van der Waals surface area contributed by atoms with E-state index in [4.69, 9.17) is 4.74 Å². The van der Waals surface area contributed by atoms with Gasteiger partial charge in [-0.15, -0.1) is 0 Å². The maximum Gasteiger partial charge on any atom is 0.253 e. The molecule has 0 aliphatic carbocycles. The normalized spacial score (nSPS) is 15.5. The standard InChI is InChI=1S/C23H31N3O6S2/c1-4-25(5-2)33(28,29)21-11-7-19(8-12-21)23(27)24-15-17-26(18-16-24)34(30,31)22-13-9-20(10-14-22)32-6-3/h7-14H,4-6,15-18H2,1-3H3. The van der Waals surface area contributed by atoms with Gasteiger partial charge in [0.1, 0.15) is 5.75 Å². The highest BCUT2D eigenvalue weighted by Crippen LogP contribution is 2.22. The number of hydrogen-bond acceptors (Lipinski definition) is 6. The average molecular weight is 510 g/mol. The lowest BCUT2D eigenvalue weighted by atomic mass is 10.2. The van der Waals surface area contributed by atoms with Crippen LogP contribution >= 0.6 is 0 Å². The second kappa shape index (κ2) is 10.9. The molecule has 0 saturated carbocycles. The van der Waals surface area contributed by atoms with Gasteiger partial charge in [0, 0.05) is 44.8 Å². The molecular weight excluding hydrogens is 478 g/mol. The van der Waals surface area contributed by atoms with Gasteiger partial charge in [-0.3, -0.25) is 4.79 Å². The van der Waals surface area contributed by atoms with Crippen LogP contribution in [0.1, 0.15) is 31.1 Å². The van der Waals surface area contributed by atoms with Gasteiger partial charge < -0.3 is 9.64 Å². The number of nitrogens with zero attached hydrogens (tertiary/aromatic N) is 3. The van der Waals surface area contributed by atoms with Crippen LogP contribution in [0.15, 0.2) is 58.3 Å². The third kappa shape index (κ3) is 5.43. The van der Waals surface area contributed by atoms with Crippen LogP contribution in [0.4, 0.5) is 0 Å². The number of ether oxygens (including phenoxy) is 1. The van der Waals surface area contributed by atoms with Gasteiger partial charge in [-0.1, -0.05) is 13.8 Å². The van der Waals surface area contributed by atoms with Crippen molar-refractivity contribution in [1.82, 2.24) is 13.5 Å². The molecule has 1 heterocycles. The van der Waals surface area contributed by atoms with E-state index in [2.05, 4.69) is 0 Å². The van der Waals surface area contributed by atoms with Crippen LogP contribution in [0.2, 0.25) is 0 Å². The summed E-state index contributed by atoms with van der Waals surface area (Å²) in [5.74, 6) is 0.345. The Morgan fingerprint density at radius 2 is 1.35 bits per heavy atom. The lowest BCUT2D eigenvalue weighted by molar-refractivity contribution is 0.0697. The smallest absolute Gasteiger partial charge is 0.253 e. The van der Waals surface area contributed by atoms with E-state index in [0.29, 0.717) is 31.0 Å². The van der Waals surface area contributed by atoms with Crippen LogP contribution in [0, 0.1) is 0 Å². The molecule has 0 spiro atoms. The minimum Gasteiger partial charge on any atom is -0.494 e. The fourth-order valence-electron chi connectivity index (χ4n) is 3.82. The summed E-state index contributed by atoms with van der Waals surface area (Å²) in [6.45, 7) is 7.47. The van der Waals surface area contributed by atoms with Gasteiger partial charge in [0.15, 0.2) is 0 Å². The first-order valence-electron chi connectivity index (χ1n) is 11.3. The Morgan fingerprint density at radius 3 is 1.85 bits per heavy atom. The van der Waals surface area contributed by atoms with Crippen molar-refractivity contribution in [1.29, 1.82) is 0 Å². The van der Waals surface area contributed by atoms with E-state index in [0.717, 1.165) is 0 Å². The zero-order chi connectivity index (χ0) is 24.9. The Hall–Kier alpha value is -2.47. The Balaban J connectivity index is 1.65. The number of piperazine rings is 1. The van der Waals surface area contributed by atoms with E-state index in [1.165, 1.54) is 45.0 Å². The molecule has 3 rings (SSSR count). The van der Waals surface area contributed by atoms with Gasteiger partial charge in [-0.25, -0.2) is 16.8 Å². The SMILES string of the molecule is CCOc1ccc(S(=O)(=O)N2CCN(C(=O)c3ccc(S(=O)(=O)N(CC)CC)cc3)CC2)cc1. The maximum absolute atomic E-state index is 13.0. The summed E-state index contributed by atoms with van der Waals surface area (Å²) in [4.78, 5) is 14.8. The van der Waals surface area contributed by atoms with Gasteiger partial charge in [0.25, 0.3) is 5.91 Å². The lowest BCUT2D eigenvalue weighted by Gasteiger charge is -2.34. The number of rotatable bonds is 9. The molecule has 0 N–H and O–H groups in total. The molecule has 1 saturated heterocycles. The molecule has 1 aliphatic heterocycles. The minimum atomic E-state index is -3.67. The average Bonchev–Trinajstić information content (AvgIpc) is 2.85. The molecule has 0 unspecified atom stereocenters. The Labute approximate surface area is 202 Å². The lowest BCUT2D eigenvalue weighted by Crippen LogP contribution is -2.50. The van der Waals surface area contributed by atoms with Crippen LogP contribution in [-0.2, 0) is 20.0 Å². The number of carbonyl (C=O) groups is 1. The van der Waals surface area contributed by atoms with Gasteiger partial charge in [-0.05, 0) is 55.5 Å². The van der Waals surface area contributed by atoms with Crippen LogP contribution in [0.3, 0.4) is 0 Å². The summed E-state index contributed by atoms with van der Waals surface area (Å²) < 4.78 is 59.3. The summed E-state index contributed by atoms with van der Waals surface area (Å²) in [6, 6.07) is 12.2. The number of sulfonamides is 2. The topological polar surface area (TPSA) is 104 Å². The molecule has 1 fully saturated rings. The number of benzene rings is 2. The van der Waals surface area contributed by atoms with Crippen LogP contribution in [0.25, 0.3) is 0 Å². The summed E-state index contributed by atoms with van der Waals surface area (Å²) in [5, 5.41) is 0.